The van der Waals surface area contributed by atoms with Crippen molar-refractivity contribution in [3.8, 4) is 0 Å². The van der Waals surface area contributed by atoms with Crippen LogP contribution in [0.25, 0.3) is 0 Å². The molecule has 2 heterocycles. The average molecular weight is 265 g/mol. The minimum atomic E-state index is -0.207. The van der Waals surface area contributed by atoms with E-state index in [1.807, 2.05) is 13.8 Å². The van der Waals surface area contributed by atoms with Crippen LogP contribution in [-0.4, -0.2) is 21.0 Å². The highest BCUT2D eigenvalue weighted by Crippen LogP contribution is 2.45. The van der Waals surface area contributed by atoms with Crippen molar-refractivity contribution in [2.45, 2.75) is 78.2 Å². The fourth-order valence-electron chi connectivity index (χ4n) is 3.55. The van der Waals surface area contributed by atoms with Crippen molar-refractivity contribution in [1.29, 1.82) is 0 Å². The number of rotatable bonds is 2. The number of nitrogens with two attached hydrogens (primary N) is 1. The molecule has 0 aromatic carbocycles. The van der Waals surface area contributed by atoms with E-state index in [1.165, 1.54) is 11.3 Å². The van der Waals surface area contributed by atoms with Crippen molar-refractivity contribution >= 4 is 0 Å². The van der Waals surface area contributed by atoms with Crippen molar-refractivity contribution in [2.24, 2.45) is 5.73 Å². The molecular weight excluding hydrogens is 238 g/mol. The van der Waals surface area contributed by atoms with Gasteiger partial charge in [0.15, 0.2) is 0 Å². The molecule has 0 radical (unpaired) electrons. The summed E-state index contributed by atoms with van der Waals surface area (Å²) < 4.78 is 8.30. The molecule has 0 amide bonds. The van der Waals surface area contributed by atoms with E-state index in [0.29, 0.717) is 0 Å². The molecule has 1 aliphatic rings. The van der Waals surface area contributed by atoms with Gasteiger partial charge in [-0.1, -0.05) is 0 Å². The summed E-state index contributed by atoms with van der Waals surface area (Å²) in [5.41, 5.74) is 9.13. The van der Waals surface area contributed by atoms with E-state index in [2.05, 4.69) is 39.3 Å². The van der Waals surface area contributed by atoms with Crippen molar-refractivity contribution < 1.29 is 4.74 Å². The first-order valence-corrected chi connectivity index (χ1v) is 7.06. The van der Waals surface area contributed by atoms with Gasteiger partial charge in [0.05, 0.1) is 22.9 Å². The number of ether oxygens (including phenoxy) is 1. The molecule has 0 bridgehead atoms. The van der Waals surface area contributed by atoms with Crippen molar-refractivity contribution in [2.75, 3.05) is 0 Å². The molecule has 19 heavy (non-hydrogen) atoms. The van der Waals surface area contributed by atoms with Gasteiger partial charge in [0.1, 0.15) is 0 Å². The highest BCUT2D eigenvalue weighted by atomic mass is 16.5. The van der Waals surface area contributed by atoms with Crippen LogP contribution in [0.1, 0.15) is 70.1 Å². The van der Waals surface area contributed by atoms with Crippen LogP contribution in [0.3, 0.4) is 0 Å². The molecular formula is C15H27N3O. The average Bonchev–Trinajstić information content (AvgIpc) is 2.59. The Labute approximate surface area is 116 Å². The predicted octanol–water partition coefficient (Wildman–Crippen LogP) is 3.04. The Kier molecular flexibility index (Phi) is 3.30. The normalized spacial score (nSPS) is 26.6. The van der Waals surface area contributed by atoms with Crippen molar-refractivity contribution in [3.63, 3.8) is 0 Å². The van der Waals surface area contributed by atoms with E-state index in [1.54, 1.807) is 0 Å². The van der Waals surface area contributed by atoms with Crippen LogP contribution in [0.4, 0.5) is 0 Å². The van der Waals surface area contributed by atoms with Crippen LogP contribution >= 0.6 is 0 Å². The van der Waals surface area contributed by atoms with E-state index < -0.39 is 0 Å². The zero-order chi connectivity index (χ0) is 14.6. The molecule has 4 nitrogen and oxygen atoms in total. The molecule has 1 aromatic rings. The number of hydrogen-bond acceptors (Lipinski definition) is 3. The third-order valence-corrected chi connectivity index (χ3v) is 4.16. The van der Waals surface area contributed by atoms with Gasteiger partial charge in [0, 0.05) is 23.7 Å². The summed E-state index contributed by atoms with van der Waals surface area (Å²) in [6, 6.07) is 0.279. The SMILES string of the molecule is Cc1nn(C2CC(C)(C)OC2(C)C)c(C)c1C(C)N. The highest BCUT2D eigenvalue weighted by molar-refractivity contribution is 5.28. The number of hydrogen-bond donors (Lipinski definition) is 1. The number of aromatic nitrogens is 2. The molecule has 4 heteroatoms. The summed E-state index contributed by atoms with van der Waals surface area (Å²) in [6.07, 6.45) is 0.973. The van der Waals surface area contributed by atoms with Gasteiger partial charge < -0.3 is 10.5 Å². The fraction of sp³-hybridized carbons (Fsp3) is 0.800. The Bertz CT molecular complexity index is 486. The Balaban J connectivity index is 2.46. The van der Waals surface area contributed by atoms with E-state index in [-0.39, 0.29) is 23.3 Å². The molecule has 1 aromatic heterocycles. The van der Waals surface area contributed by atoms with E-state index in [0.717, 1.165) is 12.1 Å². The Morgan fingerprint density at radius 2 is 1.89 bits per heavy atom. The number of nitrogens with zero attached hydrogens (tertiary/aromatic N) is 2. The summed E-state index contributed by atoms with van der Waals surface area (Å²) in [5, 5.41) is 4.73. The summed E-state index contributed by atoms with van der Waals surface area (Å²) in [4.78, 5) is 0. The van der Waals surface area contributed by atoms with Crippen LogP contribution in [0.2, 0.25) is 0 Å². The van der Waals surface area contributed by atoms with Gasteiger partial charge in [-0.3, -0.25) is 4.68 Å². The van der Waals surface area contributed by atoms with Crippen LogP contribution in [0.5, 0.6) is 0 Å². The lowest BCUT2D eigenvalue weighted by Crippen LogP contribution is -2.32. The second-order valence-electron chi connectivity index (χ2n) is 7.00. The standard InChI is InChI=1S/C15H27N3O/c1-9(16)13-10(2)17-18(11(13)3)12-8-14(4,5)19-15(12,6)7/h9,12H,8,16H2,1-7H3. The van der Waals surface area contributed by atoms with Crippen LogP contribution in [0, 0.1) is 13.8 Å². The van der Waals surface area contributed by atoms with Gasteiger partial charge in [-0.25, -0.2) is 0 Å². The fourth-order valence-corrected chi connectivity index (χ4v) is 3.55. The third-order valence-electron chi connectivity index (χ3n) is 4.16. The van der Waals surface area contributed by atoms with E-state index in [4.69, 9.17) is 15.6 Å². The monoisotopic (exact) mass is 265 g/mol. The molecule has 1 saturated heterocycles. The lowest BCUT2D eigenvalue weighted by atomic mass is 9.94. The second kappa shape index (κ2) is 4.32. The van der Waals surface area contributed by atoms with Crippen LogP contribution in [0.15, 0.2) is 0 Å². The minimum absolute atomic E-state index is 0.0205. The maximum Gasteiger partial charge on any atom is 0.0858 e. The molecule has 0 aliphatic carbocycles. The predicted molar refractivity (Wildman–Crippen MR) is 77.2 cm³/mol. The van der Waals surface area contributed by atoms with Crippen molar-refractivity contribution in [3.05, 3.63) is 17.0 Å². The van der Waals surface area contributed by atoms with E-state index >= 15 is 0 Å². The maximum atomic E-state index is 6.18. The molecule has 2 atom stereocenters. The number of aryl methyl sites for hydroxylation is 1. The molecule has 0 saturated carbocycles. The zero-order valence-corrected chi connectivity index (χ0v) is 13.2. The molecule has 2 unspecified atom stereocenters. The van der Waals surface area contributed by atoms with Crippen LogP contribution in [-0.2, 0) is 4.74 Å². The minimum Gasteiger partial charge on any atom is -0.367 e. The summed E-state index contributed by atoms with van der Waals surface area (Å²) in [6.45, 7) is 14.8. The summed E-state index contributed by atoms with van der Waals surface area (Å²) in [7, 11) is 0. The lowest BCUT2D eigenvalue weighted by molar-refractivity contribution is -0.0739. The second-order valence-corrected chi connectivity index (χ2v) is 7.00. The third kappa shape index (κ3) is 2.43. The molecule has 1 aliphatic heterocycles. The first-order valence-electron chi connectivity index (χ1n) is 7.06. The first kappa shape index (κ1) is 14.5. The lowest BCUT2D eigenvalue weighted by Gasteiger charge is -2.28. The van der Waals surface area contributed by atoms with Crippen molar-refractivity contribution in [1.82, 2.24) is 9.78 Å². The highest BCUT2D eigenvalue weighted by Gasteiger charge is 2.47. The summed E-state index contributed by atoms with van der Waals surface area (Å²) in [5.74, 6) is 0. The molecule has 108 valence electrons. The Hall–Kier alpha value is -0.870. The van der Waals surface area contributed by atoms with Gasteiger partial charge in [-0.2, -0.15) is 5.10 Å². The molecule has 0 spiro atoms. The topological polar surface area (TPSA) is 53.1 Å². The summed E-state index contributed by atoms with van der Waals surface area (Å²) >= 11 is 0. The van der Waals surface area contributed by atoms with Gasteiger partial charge in [-0.15, -0.1) is 0 Å². The van der Waals surface area contributed by atoms with Gasteiger partial charge in [0.2, 0.25) is 0 Å². The quantitative estimate of drug-likeness (QED) is 0.894. The molecule has 2 N–H and O–H groups in total. The zero-order valence-electron chi connectivity index (χ0n) is 13.2. The van der Waals surface area contributed by atoms with Gasteiger partial charge in [0.25, 0.3) is 0 Å². The first-order chi connectivity index (χ1) is 8.55. The maximum absolute atomic E-state index is 6.18. The Morgan fingerprint density at radius 1 is 1.32 bits per heavy atom. The van der Waals surface area contributed by atoms with Gasteiger partial charge in [-0.05, 0) is 48.5 Å². The molecule has 2 rings (SSSR count). The van der Waals surface area contributed by atoms with Gasteiger partial charge >= 0.3 is 0 Å². The van der Waals surface area contributed by atoms with E-state index in [9.17, 15) is 0 Å². The largest absolute Gasteiger partial charge is 0.367 e. The van der Waals surface area contributed by atoms with Crippen LogP contribution < -0.4 is 5.73 Å². The smallest absolute Gasteiger partial charge is 0.0858 e. The molecule has 1 fully saturated rings. The Morgan fingerprint density at radius 3 is 2.26 bits per heavy atom.